The Morgan fingerprint density at radius 3 is 2.72 bits per heavy atom. The number of amides is 1. The highest BCUT2D eigenvalue weighted by Gasteiger charge is 2.31. The van der Waals surface area contributed by atoms with E-state index in [4.69, 9.17) is 14.2 Å². The Hall–Kier alpha value is -3.32. The Balaban J connectivity index is 1.33. The first kappa shape index (κ1) is 21.9. The Morgan fingerprint density at radius 1 is 1.09 bits per heavy atom. The molecule has 32 heavy (non-hydrogen) atoms. The third-order valence-corrected chi connectivity index (χ3v) is 5.83. The standard InChI is InChI=1S/C25H28N2O5/c1-30-23-10-8-17(15-24(23)31-2)9-11-25(29)27-14-12-22(20(28)16-27)32-21-7-3-6-19-18(21)5-4-13-26-19/h3-8,10,13,15,20,22,28H,9,11-12,14,16H2,1-2H3/t20-,22-/m1/s1. The Kier molecular flexibility index (Phi) is 6.75. The predicted octanol–water partition coefficient (Wildman–Crippen LogP) is 3.23. The van der Waals surface area contributed by atoms with E-state index in [0.29, 0.717) is 43.1 Å². The van der Waals surface area contributed by atoms with Gasteiger partial charge in [-0.15, -0.1) is 0 Å². The van der Waals surface area contributed by atoms with E-state index < -0.39 is 6.10 Å². The number of rotatable bonds is 7. The first-order chi connectivity index (χ1) is 15.6. The molecular weight excluding hydrogens is 408 g/mol. The van der Waals surface area contributed by atoms with Crippen molar-refractivity contribution in [2.24, 2.45) is 0 Å². The highest BCUT2D eigenvalue weighted by molar-refractivity contribution is 5.84. The zero-order valence-corrected chi connectivity index (χ0v) is 18.4. The smallest absolute Gasteiger partial charge is 0.222 e. The number of methoxy groups -OCH3 is 2. The normalized spacial score (nSPS) is 18.4. The first-order valence-corrected chi connectivity index (χ1v) is 10.8. The highest BCUT2D eigenvalue weighted by Crippen LogP contribution is 2.29. The van der Waals surface area contributed by atoms with Crippen LogP contribution in [0.5, 0.6) is 17.2 Å². The van der Waals surface area contributed by atoms with Crippen LogP contribution in [0.1, 0.15) is 18.4 Å². The van der Waals surface area contributed by atoms with Gasteiger partial charge in [0, 0.05) is 31.0 Å². The molecule has 0 unspecified atom stereocenters. The molecule has 2 aromatic carbocycles. The van der Waals surface area contributed by atoms with Crippen molar-refractivity contribution in [3.05, 3.63) is 60.3 Å². The maximum absolute atomic E-state index is 12.7. The van der Waals surface area contributed by atoms with E-state index in [9.17, 15) is 9.90 Å². The Labute approximate surface area is 187 Å². The second kappa shape index (κ2) is 9.87. The minimum atomic E-state index is -0.749. The number of aromatic nitrogens is 1. The van der Waals surface area contributed by atoms with Gasteiger partial charge in [0.25, 0.3) is 0 Å². The van der Waals surface area contributed by atoms with Crippen LogP contribution in [0.4, 0.5) is 0 Å². The number of carbonyl (C=O) groups excluding carboxylic acids is 1. The number of aliphatic hydroxyl groups is 1. The number of aryl methyl sites for hydroxylation is 1. The van der Waals surface area contributed by atoms with Crippen molar-refractivity contribution >= 4 is 16.8 Å². The summed E-state index contributed by atoms with van der Waals surface area (Å²) in [4.78, 5) is 18.8. The molecule has 2 atom stereocenters. The van der Waals surface area contributed by atoms with Gasteiger partial charge in [-0.05, 0) is 48.4 Å². The summed E-state index contributed by atoms with van der Waals surface area (Å²) in [6.45, 7) is 0.813. The van der Waals surface area contributed by atoms with E-state index in [1.807, 2.05) is 48.5 Å². The van der Waals surface area contributed by atoms with Crippen molar-refractivity contribution < 1.29 is 24.1 Å². The second-order valence-corrected chi connectivity index (χ2v) is 7.87. The maximum Gasteiger partial charge on any atom is 0.222 e. The molecule has 0 saturated carbocycles. The fourth-order valence-corrected chi connectivity index (χ4v) is 4.06. The highest BCUT2D eigenvalue weighted by atomic mass is 16.5. The lowest BCUT2D eigenvalue weighted by Gasteiger charge is -2.36. The van der Waals surface area contributed by atoms with Gasteiger partial charge in [0.05, 0.1) is 26.3 Å². The molecule has 2 heterocycles. The van der Waals surface area contributed by atoms with Crippen LogP contribution in [-0.4, -0.2) is 60.4 Å². The number of hydrogen-bond acceptors (Lipinski definition) is 6. The average Bonchev–Trinajstić information content (AvgIpc) is 2.83. The molecule has 0 radical (unpaired) electrons. The quantitative estimate of drug-likeness (QED) is 0.613. The van der Waals surface area contributed by atoms with Crippen LogP contribution >= 0.6 is 0 Å². The van der Waals surface area contributed by atoms with Crippen molar-refractivity contribution in [3.8, 4) is 17.2 Å². The van der Waals surface area contributed by atoms with Crippen LogP contribution in [0, 0.1) is 0 Å². The molecule has 4 rings (SSSR count). The zero-order valence-electron chi connectivity index (χ0n) is 18.4. The summed E-state index contributed by atoms with van der Waals surface area (Å²) in [7, 11) is 3.19. The van der Waals surface area contributed by atoms with E-state index in [-0.39, 0.29) is 18.6 Å². The summed E-state index contributed by atoms with van der Waals surface area (Å²) in [5.41, 5.74) is 1.85. The number of carbonyl (C=O) groups is 1. The number of nitrogens with zero attached hydrogens (tertiary/aromatic N) is 2. The summed E-state index contributed by atoms with van der Waals surface area (Å²) in [6, 6.07) is 15.2. The molecule has 1 N–H and O–H groups in total. The van der Waals surface area contributed by atoms with Gasteiger partial charge < -0.3 is 24.2 Å². The SMILES string of the molecule is COc1ccc(CCC(=O)N2CC[C@@H](Oc3cccc4ncccc34)[C@H](O)C2)cc1OC. The number of aliphatic hydroxyl groups excluding tert-OH is 1. The van der Waals surface area contributed by atoms with Gasteiger partial charge in [0.1, 0.15) is 18.0 Å². The molecule has 1 aromatic heterocycles. The van der Waals surface area contributed by atoms with Crippen LogP contribution < -0.4 is 14.2 Å². The van der Waals surface area contributed by atoms with Crippen LogP contribution in [0.2, 0.25) is 0 Å². The molecule has 1 fully saturated rings. The Bertz CT molecular complexity index is 1080. The zero-order chi connectivity index (χ0) is 22.5. The summed E-state index contributed by atoms with van der Waals surface area (Å²) in [5.74, 6) is 2.03. The lowest BCUT2D eigenvalue weighted by Crippen LogP contribution is -2.51. The van der Waals surface area contributed by atoms with Crippen molar-refractivity contribution in [3.63, 3.8) is 0 Å². The fourth-order valence-electron chi connectivity index (χ4n) is 4.06. The van der Waals surface area contributed by atoms with Gasteiger partial charge in [0.15, 0.2) is 11.5 Å². The number of ether oxygens (including phenoxy) is 3. The molecular formula is C25H28N2O5. The van der Waals surface area contributed by atoms with Crippen molar-refractivity contribution in [1.82, 2.24) is 9.88 Å². The molecule has 3 aromatic rings. The summed E-state index contributed by atoms with van der Waals surface area (Å²) in [6.07, 6.45) is 2.15. The molecule has 7 heteroatoms. The Morgan fingerprint density at radius 2 is 1.94 bits per heavy atom. The monoisotopic (exact) mass is 436 g/mol. The molecule has 1 amide bonds. The molecule has 1 aliphatic heterocycles. The van der Waals surface area contributed by atoms with Gasteiger partial charge in [-0.2, -0.15) is 0 Å². The third-order valence-electron chi connectivity index (χ3n) is 5.83. The third kappa shape index (κ3) is 4.78. The van der Waals surface area contributed by atoms with E-state index >= 15 is 0 Å². The van der Waals surface area contributed by atoms with E-state index in [1.165, 1.54) is 0 Å². The molecule has 0 bridgehead atoms. The molecule has 0 spiro atoms. The van der Waals surface area contributed by atoms with Crippen molar-refractivity contribution in [2.45, 2.75) is 31.5 Å². The van der Waals surface area contributed by atoms with Crippen LogP contribution in [0.25, 0.3) is 10.9 Å². The number of piperidine rings is 1. The molecule has 1 saturated heterocycles. The first-order valence-electron chi connectivity index (χ1n) is 10.8. The second-order valence-electron chi connectivity index (χ2n) is 7.87. The van der Waals surface area contributed by atoms with Gasteiger partial charge in [0.2, 0.25) is 5.91 Å². The minimum absolute atomic E-state index is 0.0200. The van der Waals surface area contributed by atoms with Crippen LogP contribution in [0.15, 0.2) is 54.7 Å². The minimum Gasteiger partial charge on any atom is -0.493 e. The summed E-state index contributed by atoms with van der Waals surface area (Å²) >= 11 is 0. The number of likely N-dealkylation sites (tertiary alicyclic amines) is 1. The number of fused-ring (bicyclic) bond motifs is 1. The predicted molar refractivity (Wildman–Crippen MR) is 121 cm³/mol. The number of pyridine rings is 1. The number of β-amino-alcohol motifs (C(OH)–C–C–N with tert-alkyl or cyclic N) is 1. The molecule has 1 aliphatic rings. The van der Waals surface area contributed by atoms with Gasteiger partial charge in [-0.25, -0.2) is 0 Å². The van der Waals surface area contributed by atoms with Crippen LogP contribution in [-0.2, 0) is 11.2 Å². The maximum atomic E-state index is 12.7. The summed E-state index contributed by atoms with van der Waals surface area (Å²) < 4.78 is 16.7. The summed E-state index contributed by atoms with van der Waals surface area (Å²) in [5, 5.41) is 11.6. The largest absolute Gasteiger partial charge is 0.493 e. The van der Waals surface area contributed by atoms with E-state index in [2.05, 4.69) is 4.98 Å². The van der Waals surface area contributed by atoms with Crippen molar-refractivity contribution in [2.75, 3.05) is 27.3 Å². The van der Waals surface area contributed by atoms with Crippen LogP contribution in [0.3, 0.4) is 0 Å². The van der Waals surface area contributed by atoms with Gasteiger partial charge >= 0.3 is 0 Å². The average molecular weight is 437 g/mol. The van der Waals surface area contributed by atoms with Gasteiger partial charge in [-0.3, -0.25) is 9.78 Å². The van der Waals surface area contributed by atoms with Gasteiger partial charge in [-0.1, -0.05) is 12.1 Å². The van der Waals surface area contributed by atoms with E-state index in [0.717, 1.165) is 16.5 Å². The lowest BCUT2D eigenvalue weighted by molar-refractivity contribution is -0.136. The van der Waals surface area contributed by atoms with Crippen molar-refractivity contribution in [1.29, 1.82) is 0 Å². The molecule has 7 nitrogen and oxygen atoms in total. The van der Waals surface area contributed by atoms with E-state index in [1.54, 1.807) is 25.3 Å². The fraction of sp³-hybridized carbons (Fsp3) is 0.360. The topological polar surface area (TPSA) is 81.1 Å². The molecule has 168 valence electrons. The lowest BCUT2D eigenvalue weighted by atomic mass is 10.0. The number of hydrogen-bond donors (Lipinski definition) is 1. The molecule has 0 aliphatic carbocycles. The number of benzene rings is 2.